The maximum atomic E-state index is 12.7. The fourth-order valence-corrected chi connectivity index (χ4v) is 4.42. The van der Waals surface area contributed by atoms with E-state index in [1.807, 2.05) is 0 Å². The van der Waals surface area contributed by atoms with E-state index in [0.717, 1.165) is 11.8 Å². The number of aromatic nitrogens is 2. The van der Waals surface area contributed by atoms with Crippen molar-refractivity contribution in [3.8, 4) is 11.3 Å². The number of nitrogens with zero attached hydrogens (tertiary/aromatic N) is 2. The molecule has 25 heavy (non-hydrogen) atoms. The van der Waals surface area contributed by atoms with Crippen molar-refractivity contribution in [2.45, 2.75) is 18.7 Å². The van der Waals surface area contributed by atoms with E-state index in [1.165, 1.54) is 4.31 Å². The summed E-state index contributed by atoms with van der Waals surface area (Å²) in [5.41, 5.74) is 2.64. The van der Waals surface area contributed by atoms with Crippen LogP contribution in [0.25, 0.3) is 22.2 Å². The van der Waals surface area contributed by atoms with Gasteiger partial charge in [-0.2, -0.15) is 4.31 Å². The molecule has 0 atom stereocenters. The summed E-state index contributed by atoms with van der Waals surface area (Å²) in [5, 5.41) is 0.593. The quantitative estimate of drug-likeness (QED) is 0.687. The number of nitrogens with one attached hydrogen (secondary N) is 1. The first-order valence-electron chi connectivity index (χ1n) is 8.04. The van der Waals surface area contributed by atoms with Gasteiger partial charge in [-0.3, -0.25) is 9.78 Å². The van der Waals surface area contributed by atoms with Gasteiger partial charge in [0.15, 0.2) is 6.29 Å². The predicted molar refractivity (Wildman–Crippen MR) is 97.0 cm³/mol. The zero-order chi connectivity index (χ0) is 18.0. The Labute approximate surface area is 146 Å². The van der Waals surface area contributed by atoms with Crippen LogP contribution < -0.4 is 0 Å². The molecule has 2 heterocycles. The maximum absolute atomic E-state index is 12.7. The highest BCUT2D eigenvalue weighted by atomic mass is 32.2. The van der Waals surface area contributed by atoms with Gasteiger partial charge >= 0.3 is 0 Å². The average Bonchev–Trinajstić information content (AvgIpc) is 3.01. The highest BCUT2D eigenvalue weighted by molar-refractivity contribution is 7.89. The fraction of sp³-hybridized carbons (Fsp3) is 0.222. The number of aldehydes is 1. The second kappa shape index (κ2) is 6.78. The second-order valence-electron chi connectivity index (χ2n) is 5.56. The van der Waals surface area contributed by atoms with Crippen LogP contribution in [0.1, 0.15) is 24.2 Å². The van der Waals surface area contributed by atoms with Gasteiger partial charge in [-0.15, -0.1) is 0 Å². The van der Waals surface area contributed by atoms with E-state index in [1.54, 1.807) is 56.6 Å². The SMILES string of the molecule is CCN(CC)S(=O)(=O)c1ccc2[nH]c(-c3ccncc3)c(C=O)c2c1. The molecule has 0 amide bonds. The van der Waals surface area contributed by atoms with E-state index in [0.29, 0.717) is 35.2 Å². The molecule has 0 unspecified atom stereocenters. The Hall–Kier alpha value is -2.51. The highest BCUT2D eigenvalue weighted by Crippen LogP contribution is 2.31. The Bertz CT molecular complexity index is 1010. The van der Waals surface area contributed by atoms with Crippen molar-refractivity contribution in [1.82, 2.24) is 14.3 Å². The normalized spacial score (nSPS) is 12.0. The van der Waals surface area contributed by atoms with Crippen LogP contribution in [0.4, 0.5) is 0 Å². The number of pyridine rings is 1. The molecule has 0 saturated carbocycles. The maximum Gasteiger partial charge on any atom is 0.243 e. The number of rotatable bonds is 6. The van der Waals surface area contributed by atoms with Crippen molar-refractivity contribution in [3.63, 3.8) is 0 Å². The Morgan fingerprint density at radius 3 is 2.40 bits per heavy atom. The van der Waals surface area contributed by atoms with Gasteiger partial charge in [0.05, 0.1) is 10.6 Å². The van der Waals surface area contributed by atoms with Gasteiger partial charge in [0.1, 0.15) is 0 Å². The lowest BCUT2D eigenvalue weighted by Gasteiger charge is -2.18. The van der Waals surface area contributed by atoms with Gasteiger partial charge in [-0.05, 0) is 30.3 Å². The summed E-state index contributed by atoms with van der Waals surface area (Å²) >= 11 is 0. The Morgan fingerprint density at radius 2 is 1.80 bits per heavy atom. The molecule has 0 aliphatic rings. The molecular formula is C18H19N3O3S. The third-order valence-electron chi connectivity index (χ3n) is 4.24. The lowest BCUT2D eigenvalue weighted by molar-refractivity contribution is 0.112. The number of carbonyl (C=O) groups excluding carboxylic acids is 1. The van der Waals surface area contributed by atoms with E-state index < -0.39 is 10.0 Å². The molecule has 0 aliphatic heterocycles. The van der Waals surface area contributed by atoms with E-state index in [4.69, 9.17) is 0 Å². The molecule has 0 saturated heterocycles. The molecular weight excluding hydrogens is 338 g/mol. The molecule has 3 aromatic rings. The number of fused-ring (bicyclic) bond motifs is 1. The Morgan fingerprint density at radius 1 is 1.12 bits per heavy atom. The third kappa shape index (κ3) is 2.96. The van der Waals surface area contributed by atoms with Crippen LogP contribution in [0, 0.1) is 0 Å². The van der Waals surface area contributed by atoms with Gasteiger partial charge in [-0.25, -0.2) is 8.42 Å². The van der Waals surface area contributed by atoms with Crippen LogP contribution in [0.15, 0.2) is 47.6 Å². The third-order valence-corrected chi connectivity index (χ3v) is 6.29. The second-order valence-corrected chi connectivity index (χ2v) is 7.50. The fourth-order valence-electron chi connectivity index (χ4n) is 2.93. The van der Waals surface area contributed by atoms with Crippen LogP contribution in [0.3, 0.4) is 0 Å². The highest BCUT2D eigenvalue weighted by Gasteiger charge is 2.23. The van der Waals surface area contributed by atoms with E-state index in [9.17, 15) is 13.2 Å². The zero-order valence-electron chi connectivity index (χ0n) is 14.1. The van der Waals surface area contributed by atoms with Crippen molar-refractivity contribution in [3.05, 3.63) is 48.3 Å². The Balaban J connectivity index is 2.20. The summed E-state index contributed by atoms with van der Waals surface area (Å²) in [6.07, 6.45) is 4.04. The van der Waals surface area contributed by atoms with Crippen LogP contribution in [0.5, 0.6) is 0 Å². The van der Waals surface area contributed by atoms with Gasteiger partial charge in [0, 0.05) is 47.5 Å². The molecule has 0 spiro atoms. The van der Waals surface area contributed by atoms with Gasteiger partial charge in [0.2, 0.25) is 10.0 Å². The van der Waals surface area contributed by atoms with Crippen molar-refractivity contribution < 1.29 is 13.2 Å². The van der Waals surface area contributed by atoms with Gasteiger partial charge in [-0.1, -0.05) is 13.8 Å². The molecule has 3 rings (SSSR count). The minimum absolute atomic E-state index is 0.187. The first-order chi connectivity index (χ1) is 12.0. The molecule has 7 heteroatoms. The smallest absolute Gasteiger partial charge is 0.243 e. The number of H-pyrrole nitrogens is 1. The van der Waals surface area contributed by atoms with E-state index in [2.05, 4.69) is 9.97 Å². The number of aromatic amines is 1. The van der Waals surface area contributed by atoms with Gasteiger partial charge in [0.25, 0.3) is 0 Å². The molecule has 0 fully saturated rings. The standard InChI is InChI=1S/C18H19N3O3S/c1-3-21(4-2)25(23,24)14-5-6-17-15(11-14)16(12-22)18(20-17)13-7-9-19-10-8-13/h5-12,20H,3-4H2,1-2H3. The van der Waals surface area contributed by atoms with Crippen molar-refractivity contribution in [1.29, 1.82) is 0 Å². The monoisotopic (exact) mass is 357 g/mol. The summed E-state index contributed by atoms with van der Waals surface area (Å²) in [6.45, 7) is 4.39. The van der Waals surface area contributed by atoms with Crippen LogP contribution in [0.2, 0.25) is 0 Å². The first kappa shape index (κ1) is 17.3. The number of hydrogen-bond donors (Lipinski definition) is 1. The van der Waals surface area contributed by atoms with Crippen LogP contribution >= 0.6 is 0 Å². The predicted octanol–water partition coefficient (Wildman–Crippen LogP) is 3.07. The molecule has 6 nitrogen and oxygen atoms in total. The zero-order valence-corrected chi connectivity index (χ0v) is 14.9. The number of benzene rings is 1. The van der Waals surface area contributed by atoms with Crippen LogP contribution in [-0.4, -0.2) is 42.1 Å². The van der Waals surface area contributed by atoms with Crippen molar-refractivity contribution >= 4 is 27.2 Å². The van der Waals surface area contributed by atoms with E-state index >= 15 is 0 Å². The van der Waals surface area contributed by atoms with E-state index in [-0.39, 0.29) is 4.90 Å². The summed E-state index contributed by atoms with van der Waals surface area (Å²) in [4.78, 5) is 19.1. The molecule has 2 aromatic heterocycles. The Kier molecular flexibility index (Phi) is 4.69. The first-order valence-corrected chi connectivity index (χ1v) is 9.48. The molecule has 130 valence electrons. The molecule has 1 N–H and O–H groups in total. The van der Waals surface area contributed by atoms with Gasteiger partial charge < -0.3 is 4.98 Å². The molecule has 1 aromatic carbocycles. The molecule has 0 radical (unpaired) electrons. The van der Waals surface area contributed by atoms with Crippen LogP contribution in [-0.2, 0) is 10.0 Å². The summed E-state index contributed by atoms with van der Waals surface area (Å²) in [5.74, 6) is 0. The topological polar surface area (TPSA) is 83.1 Å². The number of hydrogen-bond acceptors (Lipinski definition) is 4. The minimum Gasteiger partial charge on any atom is -0.354 e. The lowest BCUT2D eigenvalue weighted by atomic mass is 10.1. The lowest BCUT2D eigenvalue weighted by Crippen LogP contribution is -2.30. The largest absolute Gasteiger partial charge is 0.354 e. The average molecular weight is 357 g/mol. The summed E-state index contributed by atoms with van der Waals surface area (Å²) < 4.78 is 26.9. The summed E-state index contributed by atoms with van der Waals surface area (Å²) in [7, 11) is -3.58. The van der Waals surface area contributed by atoms with Crippen molar-refractivity contribution in [2.24, 2.45) is 0 Å². The van der Waals surface area contributed by atoms with Crippen molar-refractivity contribution in [2.75, 3.05) is 13.1 Å². The summed E-state index contributed by atoms with van der Waals surface area (Å²) in [6, 6.07) is 8.42. The molecule has 0 bridgehead atoms. The number of sulfonamides is 1. The molecule has 0 aliphatic carbocycles. The number of carbonyl (C=O) groups is 1. The minimum atomic E-state index is -3.58.